The lowest BCUT2D eigenvalue weighted by Gasteiger charge is -2.23. The van der Waals surface area contributed by atoms with Gasteiger partial charge in [-0.3, -0.25) is 9.59 Å². The Bertz CT molecular complexity index is 845. The first-order chi connectivity index (χ1) is 18.7. The Balaban J connectivity index is 3.76. The average molecular weight is 574 g/mol. The van der Waals surface area contributed by atoms with E-state index in [9.17, 15) is 24.0 Å². The first-order valence-corrected chi connectivity index (χ1v) is 12.9. The van der Waals surface area contributed by atoms with Gasteiger partial charge in [-0.15, -0.1) is 0 Å². The highest BCUT2D eigenvalue weighted by Gasteiger charge is 2.21. The zero-order valence-corrected chi connectivity index (χ0v) is 24.1. The maximum Gasteiger partial charge on any atom is 0.407 e. The Morgan fingerprint density at radius 2 is 1.25 bits per heavy atom. The minimum atomic E-state index is -0.889. The van der Waals surface area contributed by atoms with Crippen LogP contribution in [0, 0.1) is 0 Å². The molecule has 0 unspecified atom stereocenters. The standard InChI is InChI=1S/C27H43NO12/c1-7-21(29)36-14-13-28-25(33)40-27(5,6)12-8-9-22(30)37-19-17-34-15-16-35-18-20-38-23(31)10-11-24(32)39-26(2,3)4/h7-9H,1,10-20H2,2-6H3,(H,28,33)/b9-8+. The van der Waals surface area contributed by atoms with Gasteiger partial charge in [0, 0.05) is 18.6 Å². The summed E-state index contributed by atoms with van der Waals surface area (Å²) in [6.45, 7) is 12.9. The summed E-state index contributed by atoms with van der Waals surface area (Å²) in [5.41, 5.74) is -1.49. The second-order valence-electron chi connectivity index (χ2n) is 9.75. The number of carbonyl (C=O) groups excluding carboxylic acids is 5. The lowest BCUT2D eigenvalue weighted by Crippen LogP contribution is -2.36. The topological polar surface area (TPSA) is 162 Å². The summed E-state index contributed by atoms with van der Waals surface area (Å²) in [5.74, 6) is -2.13. The van der Waals surface area contributed by atoms with E-state index >= 15 is 0 Å². The van der Waals surface area contributed by atoms with Crippen molar-refractivity contribution in [3.05, 3.63) is 24.8 Å². The van der Waals surface area contributed by atoms with Gasteiger partial charge in [0.05, 0.1) is 45.8 Å². The molecule has 228 valence electrons. The molecule has 0 radical (unpaired) electrons. The van der Waals surface area contributed by atoms with Crippen LogP contribution in [0.15, 0.2) is 24.8 Å². The molecule has 0 saturated carbocycles. The number of nitrogens with one attached hydrogen (secondary N) is 1. The molecule has 40 heavy (non-hydrogen) atoms. The van der Waals surface area contributed by atoms with Crippen LogP contribution in [-0.2, 0) is 52.3 Å². The van der Waals surface area contributed by atoms with E-state index in [1.165, 1.54) is 12.2 Å². The van der Waals surface area contributed by atoms with Gasteiger partial charge in [-0.2, -0.15) is 0 Å². The lowest BCUT2D eigenvalue weighted by atomic mass is 10.1. The van der Waals surface area contributed by atoms with Gasteiger partial charge in [0.15, 0.2) is 0 Å². The Morgan fingerprint density at radius 1 is 0.700 bits per heavy atom. The molecule has 0 spiro atoms. The van der Waals surface area contributed by atoms with Crippen LogP contribution < -0.4 is 5.32 Å². The summed E-state index contributed by atoms with van der Waals surface area (Å²) in [6, 6.07) is 0. The number of carbonyl (C=O) groups is 5. The molecule has 0 saturated heterocycles. The molecule has 13 nitrogen and oxygen atoms in total. The van der Waals surface area contributed by atoms with Gasteiger partial charge in [0.2, 0.25) is 0 Å². The van der Waals surface area contributed by atoms with Gasteiger partial charge < -0.3 is 38.5 Å². The van der Waals surface area contributed by atoms with Crippen molar-refractivity contribution in [3.8, 4) is 0 Å². The van der Waals surface area contributed by atoms with Crippen molar-refractivity contribution in [2.45, 2.75) is 65.1 Å². The van der Waals surface area contributed by atoms with Gasteiger partial charge in [0.25, 0.3) is 0 Å². The Hall–Kier alpha value is -3.45. The van der Waals surface area contributed by atoms with Gasteiger partial charge in [0.1, 0.15) is 31.0 Å². The van der Waals surface area contributed by atoms with E-state index in [0.29, 0.717) is 0 Å². The first kappa shape index (κ1) is 36.5. The molecule has 0 rings (SSSR count). The Morgan fingerprint density at radius 3 is 1.85 bits per heavy atom. The van der Waals surface area contributed by atoms with Crippen LogP contribution in [0.2, 0.25) is 0 Å². The van der Waals surface area contributed by atoms with Crippen molar-refractivity contribution in [2.75, 3.05) is 52.8 Å². The first-order valence-electron chi connectivity index (χ1n) is 12.9. The maximum absolute atomic E-state index is 11.8. The van der Waals surface area contributed by atoms with Crippen LogP contribution in [0.25, 0.3) is 0 Å². The van der Waals surface area contributed by atoms with E-state index in [-0.39, 0.29) is 72.1 Å². The van der Waals surface area contributed by atoms with Crippen molar-refractivity contribution < 1.29 is 57.1 Å². The number of ether oxygens (including phenoxy) is 7. The van der Waals surface area contributed by atoms with Crippen molar-refractivity contribution >= 4 is 30.0 Å². The number of hydrogen-bond donors (Lipinski definition) is 1. The SMILES string of the molecule is C=CC(=O)OCCNC(=O)OC(C)(C)C/C=C/C(=O)OCCOCCOCCOC(=O)CCC(=O)OC(C)(C)C. The molecule has 0 aromatic rings. The molecular weight excluding hydrogens is 530 g/mol. The van der Waals surface area contributed by atoms with Crippen molar-refractivity contribution in [3.63, 3.8) is 0 Å². The monoisotopic (exact) mass is 573 g/mol. The van der Waals surface area contributed by atoms with Crippen LogP contribution in [0.1, 0.15) is 53.9 Å². The van der Waals surface area contributed by atoms with Gasteiger partial charge in [-0.25, -0.2) is 14.4 Å². The third-order valence-corrected chi connectivity index (χ3v) is 4.30. The molecule has 0 aromatic heterocycles. The second-order valence-corrected chi connectivity index (χ2v) is 9.75. The van der Waals surface area contributed by atoms with Crippen molar-refractivity contribution in [1.82, 2.24) is 5.32 Å². The fraction of sp³-hybridized carbons (Fsp3) is 0.667. The van der Waals surface area contributed by atoms with E-state index in [2.05, 4.69) is 11.9 Å². The zero-order chi connectivity index (χ0) is 30.4. The quantitative estimate of drug-likeness (QED) is 0.0981. The maximum atomic E-state index is 11.8. The normalized spacial score (nSPS) is 11.4. The minimum absolute atomic E-state index is 0.0140. The zero-order valence-electron chi connectivity index (χ0n) is 24.1. The molecule has 0 aliphatic rings. The third-order valence-electron chi connectivity index (χ3n) is 4.30. The predicted molar refractivity (Wildman–Crippen MR) is 142 cm³/mol. The van der Waals surface area contributed by atoms with Crippen molar-refractivity contribution in [2.24, 2.45) is 0 Å². The second kappa shape index (κ2) is 20.5. The fourth-order valence-corrected chi connectivity index (χ4v) is 2.59. The number of rotatable bonds is 20. The number of alkyl carbamates (subject to hydrolysis) is 1. The third kappa shape index (κ3) is 23.7. The Labute approximate surface area is 235 Å². The summed E-state index contributed by atoms with van der Waals surface area (Å²) in [5, 5.41) is 2.45. The van der Waals surface area contributed by atoms with Gasteiger partial charge in [-0.1, -0.05) is 12.7 Å². The molecule has 13 heteroatoms. The molecule has 0 heterocycles. The molecule has 0 bridgehead atoms. The highest BCUT2D eigenvalue weighted by atomic mass is 16.6. The van der Waals surface area contributed by atoms with Crippen LogP contribution in [0.3, 0.4) is 0 Å². The molecule has 0 aliphatic carbocycles. The van der Waals surface area contributed by atoms with E-state index in [0.717, 1.165) is 6.08 Å². The molecule has 0 aliphatic heterocycles. The van der Waals surface area contributed by atoms with E-state index < -0.39 is 41.2 Å². The van der Waals surface area contributed by atoms with Crippen molar-refractivity contribution in [1.29, 1.82) is 0 Å². The van der Waals surface area contributed by atoms with Crippen LogP contribution in [-0.4, -0.2) is 94.0 Å². The predicted octanol–water partition coefficient (Wildman–Crippen LogP) is 2.41. The van der Waals surface area contributed by atoms with E-state index in [1.54, 1.807) is 34.6 Å². The van der Waals surface area contributed by atoms with Crippen LogP contribution in [0.4, 0.5) is 4.79 Å². The summed E-state index contributed by atoms with van der Waals surface area (Å²) in [6.07, 6.45) is 3.24. The summed E-state index contributed by atoms with van der Waals surface area (Å²) < 4.78 is 35.7. The highest BCUT2D eigenvalue weighted by Crippen LogP contribution is 2.15. The highest BCUT2D eigenvalue weighted by molar-refractivity contribution is 5.82. The van der Waals surface area contributed by atoms with Crippen LogP contribution in [0.5, 0.6) is 0 Å². The largest absolute Gasteiger partial charge is 0.463 e. The summed E-state index contributed by atoms with van der Waals surface area (Å²) in [7, 11) is 0. The molecule has 1 amide bonds. The average Bonchev–Trinajstić information content (AvgIpc) is 2.84. The Kier molecular flexibility index (Phi) is 18.7. The lowest BCUT2D eigenvalue weighted by molar-refractivity contribution is -0.158. The fourth-order valence-electron chi connectivity index (χ4n) is 2.59. The smallest absolute Gasteiger partial charge is 0.407 e. The van der Waals surface area contributed by atoms with E-state index in [4.69, 9.17) is 33.2 Å². The molecule has 1 N–H and O–H groups in total. The molecule has 0 aromatic carbocycles. The molecular formula is C27H43NO12. The number of amides is 1. The van der Waals surface area contributed by atoms with E-state index in [1.807, 2.05) is 0 Å². The molecule has 0 fully saturated rings. The summed E-state index contributed by atoms with van der Waals surface area (Å²) >= 11 is 0. The number of esters is 4. The molecule has 0 atom stereocenters. The van der Waals surface area contributed by atoms with Gasteiger partial charge >= 0.3 is 30.0 Å². The van der Waals surface area contributed by atoms with Crippen LogP contribution >= 0.6 is 0 Å². The summed E-state index contributed by atoms with van der Waals surface area (Å²) in [4.78, 5) is 57.7. The minimum Gasteiger partial charge on any atom is -0.463 e. The van der Waals surface area contributed by atoms with Gasteiger partial charge in [-0.05, 0) is 34.6 Å². The number of hydrogen-bond acceptors (Lipinski definition) is 12.